The summed E-state index contributed by atoms with van der Waals surface area (Å²) in [6, 6.07) is 5.39. The standard InChI is InChI=1S/C16H24BrNO3/c1-11(2)8-9-18-15(19)16(3,4)21-12-6-7-13(17)14(10-12)20-5/h6-7,10-11H,8-9H2,1-5H3,(H,18,19). The highest BCUT2D eigenvalue weighted by Gasteiger charge is 2.29. The zero-order chi connectivity index (χ0) is 16.0. The van der Waals surface area contributed by atoms with Gasteiger partial charge in [0.05, 0.1) is 11.6 Å². The van der Waals surface area contributed by atoms with E-state index in [1.807, 2.05) is 6.07 Å². The molecule has 5 heteroatoms. The molecule has 4 nitrogen and oxygen atoms in total. The number of rotatable bonds is 7. The summed E-state index contributed by atoms with van der Waals surface area (Å²) < 4.78 is 11.9. The molecule has 118 valence electrons. The molecule has 1 amide bonds. The monoisotopic (exact) mass is 357 g/mol. The Labute approximate surface area is 135 Å². The van der Waals surface area contributed by atoms with Crippen LogP contribution in [0.3, 0.4) is 0 Å². The number of methoxy groups -OCH3 is 1. The fourth-order valence-corrected chi connectivity index (χ4v) is 2.14. The second kappa shape index (κ2) is 7.69. The Kier molecular flexibility index (Phi) is 6.52. The van der Waals surface area contributed by atoms with Crippen molar-refractivity contribution < 1.29 is 14.3 Å². The topological polar surface area (TPSA) is 47.6 Å². The van der Waals surface area contributed by atoms with Gasteiger partial charge in [0, 0.05) is 12.6 Å². The zero-order valence-corrected chi connectivity index (χ0v) is 14.9. The van der Waals surface area contributed by atoms with Crippen molar-refractivity contribution in [2.75, 3.05) is 13.7 Å². The first kappa shape index (κ1) is 17.8. The number of carbonyl (C=O) groups excluding carboxylic acids is 1. The van der Waals surface area contributed by atoms with Crippen LogP contribution < -0.4 is 14.8 Å². The van der Waals surface area contributed by atoms with E-state index in [1.165, 1.54) is 0 Å². The Balaban J connectivity index is 2.68. The highest BCUT2D eigenvalue weighted by Crippen LogP contribution is 2.30. The summed E-state index contributed by atoms with van der Waals surface area (Å²) in [7, 11) is 1.59. The van der Waals surface area contributed by atoms with Crippen LogP contribution >= 0.6 is 15.9 Å². The second-order valence-electron chi connectivity index (χ2n) is 5.85. The van der Waals surface area contributed by atoms with Gasteiger partial charge in [0.25, 0.3) is 5.91 Å². The van der Waals surface area contributed by atoms with Gasteiger partial charge in [-0.2, -0.15) is 0 Å². The summed E-state index contributed by atoms with van der Waals surface area (Å²) in [5.74, 6) is 1.71. The average Bonchev–Trinajstić information content (AvgIpc) is 2.40. The first-order chi connectivity index (χ1) is 9.76. The Morgan fingerprint density at radius 1 is 1.38 bits per heavy atom. The molecule has 1 aromatic rings. The number of carbonyl (C=O) groups is 1. The van der Waals surface area contributed by atoms with Gasteiger partial charge in [-0.3, -0.25) is 4.79 Å². The van der Waals surface area contributed by atoms with Gasteiger partial charge < -0.3 is 14.8 Å². The summed E-state index contributed by atoms with van der Waals surface area (Å²) in [4.78, 5) is 12.2. The largest absolute Gasteiger partial charge is 0.495 e. The van der Waals surface area contributed by atoms with E-state index in [2.05, 4.69) is 35.1 Å². The summed E-state index contributed by atoms with van der Waals surface area (Å²) in [5.41, 5.74) is -0.935. The minimum atomic E-state index is -0.935. The number of ether oxygens (including phenoxy) is 2. The molecule has 0 aliphatic heterocycles. The van der Waals surface area contributed by atoms with Crippen molar-refractivity contribution >= 4 is 21.8 Å². The lowest BCUT2D eigenvalue weighted by Gasteiger charge is -2.25. The lowest BCUT2D eigenvalue weighted by molar-refractivity contribution is -0.134. The van der Waals surface area contributed by atoms with Crippen LogP contribution in [0.15, 0.2) is 22.7 Å². The van der Waals surface area contributed by atoms with E-state index in [0.717, 1.165) is 10.9 Å². The van der Waals surface area contributed by atoms with Gasteiger partial charge in [0.1, 0.15) is 11.5 Å². The van der Waals surface area contributed by atoms with Gasteiger partial charge >= 0.3 is 0 Å². The van der Waals surface area contributed by atoms with E-state index in [-0.39, 0.29) is 5.91 Å². The quantitative estimate of drug-likeness (QED) is 0.807. The molecule has 0 saturated carbocycles. The van der Waals surface area contributed by atoms with Crippen molar-refractivity contribution in [3.05, 3.63) is 22.7 Å². The minimum Gasteiger partial charge on any atom is -0.495 e. The summed E-state index contributed by atoms with van der Waals surface area (Å²) >= 11 is 3.39. The van der Waals surface area contributed by atoms with Gasteiger partial charge in [-0.05, 0) is 54.2 Å². The molecule has 0 bridgehead atoms. The van der Waals surface area contributed by atoms with Crippen LogP contribution in [0.1, 0.15) is 34.1 Å². The third-order valence-electron chi connectivity index (χ3n) is 3.05. The number of halogens is 1. The Bertz CT molecular complexity index is 486. The third-order valence-corrected chi connectivity index (χ3v) is 3.70. The van der Waals surface area contributed by atoms with Crippen molar-refractivity contribution in [1.29, 1.82) is 0 Å². The van der Waals surface area contributed by atoms with Crippen molar-refractivity contribution in [1.82, 2.24) is 5.32 Å². The molecule has 0 aliphatic rings. The van der Waals surface area contributed by atoms with E-state index < -0.39 is 5.60 Å². The number of benzene rings is 1. The third kappa shape index (κ3) is 5.58. The van der Waals surface area contributed by atoms with E-state index in [1.54, 1.807) is 33.1 Å². The Morgan fingerprint density at radius 3 is 2.62 bits per heavy atom. The van der Waals surface area contributed by atoms with Crippen LogP contribution in [0.5, 0.6) is 11.5 Å². The second-order valence-corrected chi connectivity index (χ2v) is 6.70. The maximum atomic E-state index is 12.2. The number of hydrogen-bond acceptors (Lipinski definition) is 3. The fourth-order valence-electron chi connectivity index (χ4n) is 1.73. The minimum absolute atomic E-state index is 0.120. The lowest BCUT2D eigenvalue weighted by atomic mass is 10.1. The van der Waals surface area contributed by atoms with Crippen molar-refractivity contribution in [2.24, 2.45) is 5.92 Å². The molecule has 0 heterocycles. The number of hydrogen-bond donors (Lipinski definition) is 1. The highest BCUT2D eigenvalue weighted by atomic mass is 79.9. The molecule has 1 aromatic carbocycles. The molecule has 1 N–H and O–H groups in total. The molecule has 0 spiro atoms. The van der Waals surface area contributed by atoms with Gasteiger partial charge in [-0.15, -0.1) is 0 Å². The van der Waals surface area contributed by atoms with E-state index >= 15 is 0 Å². The summed E-state index contributed by atoms with van der Waals surface area (Å²) in [6.07, 6.45) is 0.952. The maximum absolute atomic E-state index is 12.2. The molecular formula is C16H24BrNO3. The molecule has 0 fully saturated rings. The van der Waals surface area contributed by atoms with Crippen molar-refractivity contribution in [3.8, 4) is 11.5 Å². The van der Waals surface area contributed by atoms with Crippen molar-refractivity contribution in [2.45, 2.75) is 39.7 Å². The maximum Gasteiger partial charge on any atom is 0.263 e. The SMILES string of the molecule is COc1cc(OC(C)(C)C(=O)NCCC(C)C)ccc1Br. The van der Waals surface area contributed by atoms with Gasteiger partial charge in [0.2, 0.25) is 0 Å². The number of nitrogens with one attached hydrogen (secondary N) is 1. The molecule has 0 saturated heterocycles. The van der Waals surface area contributed by atoms with Crippen LogP contribution in [-0.2, 0) is 4.79 Å². The fraction of sp³-hybridized carbons (Fsp3) is 0.562. The van der Waals surface area contributed by atoms with E-state index in [0.29, 0.717) is 24.0 Å². The molecule has 1 rings (SSSR count). The van der Waals surface area contributed by atoms with Gasteiger partial charge in [-0.1, -0.05) is 13.8 Å². The average molecular weight is 358 g/mol. The number of amides is 1. The predicted molar refractivity (Wildman–Crippen MR) is 87.9 cm³/mol. The van der Waals surface area contributed by atoms with Gasteiger partial charge in [0.15, 0.2) is 5.60 Å². The van der Waals surface area contributed by atoms with Crippen LogP contribution in [0.25, 0.3) is 0 Å². The molecule has 0 unspecified atom stereocenters. The Hall–Kier alpha value is -1.23. The van der Waals surface area contributed by atoms with Gasteiger partial charge in [-0.25, -0.2) is 0 Å². The molecule has 0 aliphatic carbocycles. The Morgan fingerprint density at radius 2 is 2.05 bits per heavy atom. The molecule has 0 radical (unpaired) electrons. The predicted octanol–water partition coefficient (Wildman–Crippen LogP) is 3.78. The van der Waals surface area contributed by atoms with Crippen LogP contribution in [0.4, 0.5) is 0 Å². The molecule has 21 heavy (non-hydrogen) atoms. The summed E-state index contributed by atoms with van der Waals surface area (Å²) in [6.45, 7) is 8.43. The zero-order valence-electron chi connectivity index (χ0n) is 13.3. The van der Waals surface area contributed by atoms with Crippen LogP contribution in [0.2, 0.25) is 0 Å². The normalized spacial score (nSPS) is 11.4. The first-order valence-corrected chi connectivity index (χ1v) is 7.86. The molecule has 0 atom stereocenters. The van der Waals surface area contributed by atoms with Crippen LogP contribution in [0, 0.1) is 5.92 Å². The van der Waals surface area contributed by atoms with Crippen molar-refractivity contribution in [3.63, 3.8) is 0 Å². The highest BCUT2D eigenvalue weighted by molar-refractivity contribution is 9.10. The summed E-state index contributed by atoms with van der Waals surface area (Å²) in [5, 5.41) is 2.91. The van der Waals surface area contributed by atoms with Crippen LogP contribution in [-0.4, -0.2) is 25.2 Å². The van der Waals surface area contributed by atoms with E-state index in [9.17, 15) is 4.79 Å². The smallest absolute Gasteiger partial charge is 0.263 e. The first-order valence-electron chi connectivity index (χ1n) is 7.07. The lowest BCUT2D eigenvalue weighted by Crippen LogP contribution is -2.46. The molecular weight excluding hydrogens is 334 g/mol. The van der Waals surface area contributed by atoms with E-state index in [4.69, 9.17) is 9.47 Å². The molecule has 0 aromatic heterocycles.